The zero-order chi connectivity index (χ0) is 28.2. The van der Waals surface area contributed by atoms with Gasteiger partial charge in [-0.25, -0.2) is 0 Å². The highest BCUT2D eigenvalue weighted by Crippen LogP contribution is 2.74. The monoisotopic (exact) mass is 529 g/mol. The smallest absolute Gasteiger partial charge is 0.216 e. The van der Waals surface area contributed by atoms with Crippen LogP contribution in [0.5, 0.6) is 0 Å². The SMILES string of the molecule is CC1(C)C(=O)C(C#N)=C[C@]2(C)C3=CC(=O)[C@@H]4[C@@H]5C[C@@](C)(Cc6nnco6)CC[C@]5(C)CC[C@@]4(C)[C@]3(C)CC[C@@H]12. The van der Waals surface area contributed by atoms with Crippen LogP contribution in [0.2, 0.25) is 0 Å². The number of fused-ring (bicyclic) bond motifs is 7. The average Bonchev–Trinajstić information content (AvgIpc) is 3.37. The Balaban J connectivity index is 1.45. The molecule has 0 amide bonds. The summed E-state index contributed by atoms with van der Waals surface area (Å²) in [5, 5.41) is 18.0. The van der Waals surface area contributed by atoms with E-state index in [0.29, 0.717) is 11.8 Å². The van der Waals surface area contributed by atoms with Gasteiger partial charge in [0.05, 0.1) is 5.57 Å². The number of ketones is 2. The third-order valence-electron chi connectivity index (χ3n) is 13.1. The highest BCUT2D eigenvalue weighted by Gasteiger charge is 2.69. The van der Waals surface area contributed by atoms with E-state index < -0.39 is 10.8 Å². The molecule has 0 aliphatic heterocycles. The summed E-state index contributed by atoms with van der Waals surface area (Å²) in [6, 6.07) is 2.20. The van der Waals surface area contributed by atoms with Gasteiger partial charge in [0.25, 0.3) is 0 Å². The van der Waals surface area contributed by atoms with Crippen LogP contribution in [0.4, 0.5) is 0 Å². The molecule has 0 N–H and O–H groups in total. The van der Waals surface area contributed by atoms with E-state index in [2.05, 4.69) is 50.9 Å². The molecule has 1 aromatic heterocycles. The molecule has 0 bridgehead atoms. The Morgan fingerprint density at radius 3 is 2.41 bits per heavy atom. The molecule has 3 saturated carbocycles. The molecule has 6 nitrogen and oxygen atoms in total. The Bertz CT molecular complexity index is 1350. The average molecular weight is 530 g/mol. The van der Waals surface area contributed by atoms with E-state index in [9.17, 15) is 14.9 Å². The molecule has 1 aromatic rings. The fourth-order valence-corrected chi connectivity index (χ4v) is 10.6. The summed E-state index contributed by atoms with van der Waals surface area (Å²) in [5.74, 6) is 1.21. The molecule has 5 aliphatic rings. The Hall–Kier alpha value is -2.55. The number of hydrogen-bond donors (Lipinski definition) is 0. The molecular weight excluding hydrogens is 486 g/mol. The lowest BCUT2D eigenvalue weighted by Gasteiger charge is -2.69. The number of aromatic nitrogens is 2. The second-order valence-electron chi connectivity index (χ2n) is 15.6. The van der Waals surface area contributed by atoms with Gasteiger partial charge in [-0.3, -0.25) is 9.59 Å². The third kappa shape index (κ3) is 3.37. The number of carbonyl (C=O) groups is 2. The van der Waals surface area contributed by atoms with Crippen molar-refractivity contribution in [3.8, 4) is 6.07 Å². The molecule has 0 aromatic carbocycles. The van der Waals surface area contributed by atoms with Gasteiger partial charge in [-0.2, -0.15) is 5.26 Å². The Morgan fingerprint density at radius 1 is 1.03 bits per heavy atom. The number of carbonyl (C=O) groups excluding carboxylic acids is 2. The van der Waals surface area contributed by atoms with Crippen LogP contribution in [-0.4, -0.2) is 21.8 Å². The van der Waals surface area contributed by atoms with Gasteiger partial charge in [0, 0.05) is 23.2 Å². The summed E-state index contributed by atoms with van der Waals surface area (Å²) >= 11 is 0. The highest BCUT2D eigenvalue weighted by molar-refractivity contribution is 6.04. The second-order valence-corrected chi connectivity index (χ2v) is 15.6. The fraction of sp³-hybridized carbons (Fsp3) is 0.727. The minimum Gasteiger partial charge on any atom is -0.428 e. The zero-order valence-electron chi connectivity index (χ0n) is 24.7. The van der Waals surface area contributed by atoms with Gasteiger partial charge in [-0.1, -0.05) is 60.1 Å². The van der Waals surface area contributed by atoms with Gasteiger partial charge in [-0.15, -0.1) is 10.2 Å². The summed E-state index contributed by atoms with van der Waals surface area (Å²) < 4.78 is 5.55. The van der Waals surface area contributed by atoms with Crippen LogP contribution in [0.1, 0.15) is 99.3 Å². The molecular formula is C33H43N3O3. The van der Waals surface area contributed by atoms with Crippen LogP contribution < -0.4 is 0 Å². The molecule has 0 radical (unpaired) electrons. The van der Waals surface area contributed by atoms with Crippen LogP contribution in [0.25, 0.3) is 0 Å². The number of hydrogen-bond acceptors (Lipinski definition) is 6. The number of nitriles is 1. The summed E-state index contributed by atoms with van der Waals surface area (Å²) in [5.41, 5.74) is 0.0984. The Morgan fingerprint density at radius 2 is 1.74 bits per heavy atom. The maximum absolute atomic E-state index is 14.5. The highest BCUT2D eigenvalue weighted by atomic mass is 16.4. The van der Waals surface area contributed by atoms with Crippen LogP contribution in [-0.2, 0) is 16.0 Å². The van der Waals surface area contributed by atoms with Crippen molar-refractivity contribution in [1.82, 2.24) is 10.2 Å². The molecule has 39 heavy (non-hydrogen) atoms. The van der Waals surface area contributed by atoms with Crippen molar-refractivity contribution in [2.24, 2.45) is 50.2 Å². The molecule has 5 aliphatic carbocycles. The van der Waals surface area contributed by atoms with E-state index in [-0.39, 0.29) is 50.6 Å². The molecule has 1 heterocycles. The Kier molecular flexibility index (Phi) is 5.48. The largest absolute Gasteiger partial charge is 0.428 e. The van der Waals surface area contributed by atoms with Crippen LogP contribution >= 0.6 is 0 Å². The van der Waals surface area contributed by atoms with Gasteiger partial charge >= 0.3 is 0 Å². The lowest BCUT2D eigenvalue weighted by molar-refractivity contribution is -0.169. The number of Topliss-reactive ketones (excluding diaryl/α,β-unsaturated/α-hetero) is 1. The van der Waals surface area contributed by atoms with Crippen molar-refractivity contribution in [3.05, 3.63) is 35.6 Å². The van der Waals surface area contributed by atoms with Crippen LogP contribution in [0.15, 0.2) is 34.1 Å². The molecule has 6 heteroatoms. The molecule has 0 unspecified atom stereocenters. The number of nitrogens with zero attached hydrogens (tertiary/aromatic N) is 3. The fourth-order valence-electron chi connectivity index (χ4n) is 10.6. The lowest BCUT2D eigenvalue weighted by Crippen LogP contribution is -2.64. The molecule has 0 saturated heterocycles. The van der Waals surface area contributed by atoms with Gasteiger partial charge < -0.3 is 4.42 Å². The van der Waals surface area contributed by atoms with Crippen molar-refractivity contribution in [3.63, 3.8) is 0 Å². The molecule has 3 fully saturated rings. The first-order valence-electron chi connectivity index (χ1n) is 14.8. The van der Waals surface area contributed by atoms with Gasteiger partial charge in [0.15, 0.2) is 11.6 Å². The summed E-state index contributed by atoms with van der Waals surface area (Å²) in [7, 11) is 0. The van der Waals surface area contributed by atoms with E-state index in [4.69, 9.17) is 4.42 Å². The summed E-state index contributed by atoms with van der Waals surface area (Å²) in [6.45, 7) is 15.7. The van der Waals surface area contributed by atoms with E-state index >= 15 is 0 Å². The minimum absolute atomic E-state index is 0.0158. The molecule has 8 atom stereocenters. The first-order valence-corrected chi connectivity index (χ1v) is 14.8. The summed E-state index contributed by atoms with van der Waals surface area (Å²) in [6.07, 6.45) is 13.3. The van der Waals surface area contributed by atoms with Gasteiger partial charge in [0.1, 0.15) is 6.07 Å². The lowest BCUT2D eigenvalue weighted by atomic mass is 9.34. The third-order valence-corrected chi connectivity index (χ3v) is 13.1. The van der Waals surface area contributed by atoms with E-state index in [1.54, 1.807) is 0 Å². The normalized spacial score (nSPS) is 46.6. The maximum atomic E-state index is 14.5. The minimum atomic E-state index is -0.636. The first kappa shape index (κ1) is 26.7. The molecule has 6 rings (SSSR count). The molecule has 0 spiro atoms. The summed E-state index contributed by atoms with van der Waals surface area (Å²) in [4.78, 5) is 27.7. The van der Waals surface area contributed by atoms with Crippen molar-refractivity contribution in [2.75, 3.05) is 0 Å². The maximum Gasteiger partial charge on any atom is 0.216 e. The predicted molar refractivity (Wildman–Crippen MR) is 147 cm³/mol. The van der Waals surface area contributed by atoms with Gasteiger partial charge in [-0.05, 0) is 84.5 Å². The van der Waals surface area contributed by atoms with Crippen molar-refractivity contribution in [2.45, 2.75) is 99.8 Å². The Labute approximate surface area is 232 Å². The van der Waals surface area contributed by atoms with Crippen molar-refractivity contribution < 1.29 is 14.0 Å². The second kappa shape index (κ2) is 8.02. The van der Waals surface area contributed by atoms with Crippen LogP contribution in [0, 0.1) is 61.6 Å². The topological polar surface area (TPSA) is 96.8 Å². The van der Waals surface area contributed by atoms with E-state index in [1.165, 1.54) is 6.39 Å². The van der Waals surface area contributed by atoms with Gasteiger partial charge in [0.2, 0.25) is 12.3 Å². The number of allylic oxidation sites excluding steroid dienone is 4. The molecule has 208 valence electrons. The quantitative estimate of drug-likeness (QED) is 0.416. The first-order chi connectivity index (χ1) is 18.1. The van der Waals surface area contributed by atoms with E-state index in [0.717, 1.165) is 56.9 Å². The van der Waals surface area contributed by atoms with Crippen molar-refractivity contribution in [1.29, 1.82) is 5.26 Å². The predicted octanol–water partition coefficient (Wildman–Crippen LogP) is 6.83. The van der Waals surface area contributed by atoms with Crippen LogP contribution in [0.3, 0.4) is 0 Å². The number of rotatable bonds is 2. The van der Waals surface area contributed by atoms with Crippen molar-refractivity contribution >= 4 is 11.6 Å². The standard InChI is InChI=1S/C33H43N3O3/c1-28(2)23-8-9-32(6)24(31(23,5)15-20(18-34)27(28)38)14-22(37)26-21-16-29(3,17-25-36-35-19-39-25)10-11-30(21,4)12-13-33(26,32)7/h14-15,19,21,23,26H,8-13,16-17H2,1-7H3/t21-,23-,26-,29-,30+,31-,32+,33+/m0/s1. The zero-order valence-corrected chi connectivity index (χ0v) is 24.7. The van der Waals surface area contributed by atoms with E-state index in [1.807, 2.05) is 26.0 Å².